The fourth-order valence-corrected chi connectivity index (χ4v) is 2.77. The first kappa shape index (κ1) is 19.6. The van der Waals surface area contributed by atoms with E-state index in [1.54, 1.807) is 19.4 Å². The van der Waals surface area contributed by atoms with Gasteiger partial charge in [0, 0.05) is 17.8 Å². The van der Waals surface area contributed by atoms with Crippen LogP contribution in [0.2, 0.25) is 5.02 Å². The number of methoxy groups -OCH3 is 1. The van der Waals surface area contributed by atoms with Crippen LogP contribution >= 0.6 is 11.6 Å². The number of aryl methyl sites for hydroxylation is 1. The molecule has 0 aliphatic heterocycles. The average molecular weight is 397 g/mol. The van der Waals surface area contributed by atoms with E-state index in [0.29, 0.717) is 35.4 Å². The largest absolute Gasteiger partial charge is 0.495 e. The second-order valence-electron chi connectivity index (χ2n) is 6.23. The molecule has 0 bridgehead atoms. The monoisotopic (exact) mass is 396 g/mol. The van der Waals surface area contributed by atoms with Crippen molar-refractivity contribution >= 4 is 29.1 Å². The number of hydrogen-bond acceptors (Lipinski definition) is 5. The maximum atomic E-state index is 12.4. The molecule has 6 nitrogen and oxygen atoms in total. The highest BCUT2D eigenvalue weighted by Crippen LogP contribution is 2.27. The van der Waals surface area contributed by atoms with Crippen molar-refractivity contribution in [3.63, 3.8) is 0 Å². The van der Waals surface area contributed by atoms with Gasteiger partial charge in [0.15, 0.2) is 0 Å². The molecule has 1 heterocycles. The molecular formula is C21H21ClN4O2. The molecule has 144 valence electrons. The quantitative estimate of drug-likeness (QED) is 0.627. The van der Waals surface area contributed by atoms with Crippen molar-refractivity contribution in [3.05, 3.63) is 76.6 Å². The third kappa shape index (κ3) is 5.20. The van der Waals surface area contributed by atoms with Gasteiger partial charge in [-0.25, -0.2) is 9.97 Å². The van der Waals surface area contributed by atoms with Gasteiger partial charge in [-0.3, -0.25) is 4.79 Å². The highest BCUT2D eigenvalue weighted by Gasteiger charge is 2.10. The Morgan fingerprint density at radius 2 is 1.93 bits per heavy atom. The minimum atomic E-state index is -0.254. The Labute approximate surface area is 168 Å². The number of nitrogens with one attached hydrogen (secondary N) is 2. The van der Waals surface area contributed by atoms with E-state index in [1.807, 2.05) is 49.4 Å². The number of benzene rings is 2. The summed E-state index contributed by atoms with van der Waals surface area (Å²) in [4.78, 5) is 20.9. The summed E-state index contributed by atoms with van der Waals surface area (Å²) in [7, 11) is 1.60. The van der Waals surface area contributed by atoms with E-state index in [4.69, 9.17) is 16.3 Å². The van der Waals surface area contributed by atoms with Gasteiger partial charge < -0.3 is 15.4 Å². The first-order valence-corrected chi connectivity index (χ1v) is 9.20. The number of rotatable bonds is 7. The first-order valence-electron chi connectivity index (χ1n) is 8.82. The maximum Gasteiger partial charge on any atom is 0.270 e. The van der Waals surface area contributed by atoms with Gasteiger partial charge in [0.2, 0.25) is 5.95 Å². The Morgan fingerprint density at radius 1 is 1.14 bits per heavy atom. The average Bonchev–Trinajstić information content (AvgIpc) is 2.70. The molecule has 3 aromatic rings. The number of anilines is 2. The number of aromatic nitrogens is 2. The minimum absolute atomic E-state index is 0.254. The van der Waals surface area contributed by atoms with Crippen molar-refractivity contribution in [1.29, 1.82) is 0 Å². The van der Waals surface area contributed by atoms with Gasteiger partial charge in [0.1, 0.15) is 11.4 Å². The van der Waals surface area contributed by atoms with Gasteiger partial charge in [-0.2, -0.15) is 0 Å². The lowest BCUT2D eigenvalue weighted by Gasteiger charge is -2.11. The van der Waals surface area contributed by atoms with E-state index < -0.39 is 0 Å². The number of ether oxygens (including phenoxy) is 1. The molecule has 0 saturated carbocycles. The van der Waals surface area contributed by atoms with Gasteiger partial charge >= 0.3 is 0 Å². The molecule has 7 heteroatoms. The molecular weight excluding hydrogens is 376 g/mol. The van der Waals surface area contributed by atoms with Crippen LogP contribution in [0, 0.1) is 6.92 Å². The number of carbonyl (C=O) groups excluding carboxylic acids is 1. The maximum absolute atomic E-state index is 12.4. The van der Waals surface area contributed by atoms with Crippen molar-refractivity contribution in [3.8, 4) is 5.75 Å². The smallest absolute Gasteiger partial charge is 0.270 e. The van der Waals surface area contributed by atoms with Crippen molar-refractivity contribution < 1.29 is 9.53 Å². The van der Waals surface area contributed by atoms with Crippen LogP contribution in [0.3, 0.4) is 0 Å². The van der Waals surface area contributed by atoms with Gasteiger partial charge in [-0.1, -0.05) is 29.8 Å². The van der Waals surface area contributed by atoms with Gasteiger partial charge in [-0.05, 0) is 54.8 Å². The molecule has 3 rings (SSSR count). The Bertz CT molecular complexity index is 961. The van der Waals surface area contributed by atoms with Crippen molar-refractivity contribution in [2.45, 2.75) is 13.3 Å². The molecule has 2 N–H and O–H groups in total. The zero-order valence-electron chi connectivity index (χ0n) is 15.7. The predicted molar refractivity (Wildman–Crippen MR) is 111 cm³/mol. The second-order valence-corrected chi connectivity index (χ2v) is 6.66. The van der Waals surface area contributed by atoms with E-state index >= 15 is 0 Å². The van der Waals surface area contributed by atoms with Crippen LogP contribution in [0.5, 0.6) is 5.75 Å². The number of halogens is 1. The van der Waals surface area contributed by atoms with Crippen LogP contribution in [0.25, 0.3) is 0 Å². The summed E-state index contributed by atoms with van der Waals surface area (Å²) in [6, 6.07) is 14.9. The summed E-state index contributed by atoms with van der Waals surface area (Å²) in [5.41, 5.74) is 3.20. The summed E-state index contributed by atoms with van der Waals surface area (Å²) in [5.74, 6) is 0.747. The number of nitrogens with zero attached hydrogens (tertiary/aromatic N) is 2. The topological polar surface area (TPSA) is 76.1 Å². The zero-order chi connectivity index (χ0) is 19.9. The van der Waals surface area contributed by atoms with E-state index in [0.717, 1.165) is 16.8 Å². The van der Waals surface area contributed by atoms with Gasteiger partial charge in [0.05, 0.1) is 12.8 Å². The third-order valence-corrected chi connectivity index (χ3v) is 4.35. The fourth-order valence-electron chi connectivity index (χ4n) is 2.65. The molecule has 28 heavy (non-hydrogen) atoms. The van der Waals surface area contributed by atoms with Gasteiger partial charge in [-0.15, -0.1) is 0 Å². The van der Waals surface area contributed by atoms with Crippen LogP contribution in [-0.2, 0) is 6.42 Å². The fraction of sp³-hybridized carbons (Fsp3) is 0.190. The van der Waals surface area contributed by atoms with Crippen LogP contribution in [0.15, 0.2) is 54.7 Å². The highest BCUT2D eigenvalue weighted by atomic mass is 35.5. The molecule has 1 aromatic heterocycles. The lowest BCUT2D eigenvalue weighted by molar-refractivity contribution is 0.0949. The molecule has 0 unspecified atom stereocenters. The molecule has 0 spiro atoms. The SMILES string of the molecule is COc1ccc(C)cc1Nc1nccc(C(=O)NCCc2ccc(Cl)cc2)n1. The Hall–Kier alpha value is -3.12. The zero-order valence-corrected chi connectivity index (χ0v) is 16.5. The van der Waals surface area contributed by atoms with Crippen molar-refractivity contribution in [1.82, 2.24) is 15.3 Å². The highest BCUT2D eigenvalue weighted by molar-refractivity contribution is 6.30. The molecule has 0 atom stereocenters. The molecule has 0 aliphatic rings. The summed E-state index contributed by atoms with van der Waals surface area (Å²) in [5, 5.41) is 6.67. The summed E-state index contributed by atoms with van der Waals surface area (Å²) in [6.07, 6.45) is 2.26. The van der Waals surface area contributed by atoms with Gasteiger partial charge in [0.25, 0.3) is 5.91 Å². The molecule has 0 fully saturated rings. The molecule has 2 aromatic carbocycles. The molecule has 0 aliphatic carbocycles. The number of carbonyl (C=O) groups is 1. The van der Waals surface area contributed by atoms with Crippen LogP contribution in [0.1, 0.15) is 21.6 Å². The van der Waals surface area contributed by atoms with Crippen molar-refractivity contribution in [2.24, 2.45) is 0 Å². The molecule has 1 amide bonds. The normalized spacial score (nSPS) is 10.4. The van der Waals surface area contributed by atoms with E-state index in [1.165, 1.54) is 0 Å². The number of amides is 1. The Kier molecular flexibility index (Phi) is 6.45. The van der Waals surface area contributed by atoms with Crippen LogP contribution in [-0.4, -0.2) is 29.5 Å². The Balaban J connectivity index is 1.63. The van der Waals surface area contributed by atoms with Crippen LogP contribution in [0.4, 0.5) is 11.6 Å². The lowest BCUT2D eigenvalue weighted by Crippen LogP contribution is -2.26. The van der Waals surface area contributed by atoms with E-state index in [2.05, 4.69) is 20.6 Å². The molecule has 0 saturated heterocycles. The van der Waals surface area contributed by atoms with E-state index in [9.17, 15) is 4.79 Å². The van der Waals surface area contributed by atoms with Crippen molar-refractivity contribution in [2.75, 3.05) is 19.0 Å². The predicted octanol–water partition coefficient (Wildman–Crippen LogP) is 4.16. The molecule has 0 radical (unpaired) electrons. The van der Waals surface area contributed by atoms with E-state index in [-0.39, 0.29) is 5.91 Å². The summed E-state index contributed by atoms with van der Waals surface area (Å²) >= 11 is 5.88. The summed E-state index contributed by atoms with van der Waals surface area (Å²) in [6.45, 7) is 2.48. The standard InChI is InChI=1S/C21H21ClN4O2/c1-14-3-8-19(28-2)18(13-14)26-21-24-12-10-17(25-21)20(27)23-11-9-15-4-6-16(22)7-5-15/h3-8,10,12-13H,9,11H2,1-2H3,(H,23,27)(H,24,25,26). The minimum Gasteiger partial charge on any atom is -0.495 e. The second kappa shape index (κ2) is 9.19. The third-order valence-electron chi connectivity index (χ3n) is 4.10. The van der Waals surface area contributed by atoms with Crippen LogP contribution < -0.4 is 15.4 Å². The Morgan fingerprint density at radius 3 is 2.68 bits per heavy atom. The summed E-state index contributed by atoms with van der Waals surface area (Å²) < 4.78 is 5.35. The first-order chi connectivity index (χ1) is 13.5. The number of hydrogen-bond donors (Lipinski definition) is 2. The lowest BCUT2D eigenvalue weighted by atomic mass is 10.1.